The molecular weight excluding hydrogens is 411 g/mol. The molecule has 0 aromatic heterocycles. The summed E-state index contributed by atoms with van der Waals surface area (Å²) < 4.78 is 24.7. The Morgan fingerprint density at radius 1 is 1.14 bits per heavy atom. The largest absolute Gasteiger partial charge is 0.247 e. The molecule has 1 N–H and O–H groups in total. The van der Waals surface area contributed by atoms with Gasteiger partial charge in [0.1, 0.15) is 0 Å². The van der Waals surface area contributed by atoms with Gasteiger partial charge in [0.25, 0.3) is 0 Å². The van der Waals surface area contributed by atoms with Crippen LogP contribution in [0.5, 0.6) is 0 Å². The Labute approximate surface area is 148 Å². The third-order valence-electron chi connectivity index (χ3n) is 3.27. The molecule has 0 bridgehead atoms. The van der Waals surface area contributed by atoms with Gasteiger partial charge in [-0.2, -0.15) is 5.10 Å². The standard InChI is InChI=1S/C16H25IN2O2S/c1-2-3-4-5-6-7-8-12-22(20,21)19-18-14-15-10-9-11-16(17)13-15/h9-11,13-14,19H,2-8,12H2,1H3/b18-14-. The maximum Gasteiger partial charge on any atom is 0.247 e. The zero-order chi connectivity index (χ0) is 16.3. The number of halogens is 1. The SMILES string of the molecule is CCCCCCCCCS(=O)(=O)N/N=C\c1cccc(I)c1. The van der Waals surface area contributed by atoms with Crippen molar-refractivity contribution < 1.29 is 8.42 Å². The lowest BCUT2D eigenvalue weighted by atomic mass is 10.1. The van der Waals surface area contributed by atoms with Gasteiger partial charge < -0.3 is 0 Å². The Morgan fingerprint density at radius 3 is 2.50 bits per heavy atom. The van der Waals surface area contributed by atoms with Gasteiger partial charge in [-0.25, -0.2) is 13.2 Å². The Morgan fingerprint density at radius 2 is 1.82 bits per heavy atom. The van der Waals surface area contributed by atoms with Crippen LogP contribution in [0.4, 0.5) is 0 Å². The molecule has 0 aliphatic carbocycles. The van der Waals surface area contributed by atoms with E-state index in [1.807, 2.05) is 24.3 Å². The molecule has 1 rings (SSSR count). The molecule has 0 atom stereocenters. The van der Waals surface area contributed by atoms with E-state index in [1.54, 1.807) is 0 Å². The minimum absolute atomic E-state index is 0.143. The summed E-state index contributed by atoms with van der Waals surface area (Å²) in [7, 11) is -3.31. The van der Waals surface area contributed by atoms with Gasteiger partial charge in [0.15, 0.2) is 0 Å². The molecule has 0 saturated carbocycles. The van der Waals surface area contributed by atoms with E-state index in [4.69, 9.17) is 0 Å². The summed E-state index contributed by atoms with van der Waals surface area (Å²) in [5.41, 5.74) is 0.880. The van der Waals surface area contributed by atoms with E-state index >= 15 is 0 Å². The van der Waals surface area contributed by atoms with Crippen LogP contribution in [0.15, 0.2) is 29.4 Å². The molecule has 0 fully saturated rings. The number of rotatable bonds is 11. The highest BCUT2D eigenvalue weighted by Gasteiger charge is 2.07. The molecule has 1 aromatic carbocycles. The second-order valence-corrected chi connectivity index (χ2v) is 8.41. The van der Waals surface area contributed by atoms with Gasteiger partial charge in [-0.05, 0) is 46.7 Å². The number of benzene rings is 1. The average Bonchev–Trinajstić information content (AvgIpc) is 2.46. The van der Waals surface area contributed by atoms with Crippen LogP contribution < -0.4 is 4.83 Å². The first-order chi connectivity index (χ1) is 10.5. The summed E-state index contributed by atoms with van der Waals surface area (Å²) >= 11 is 2.21. The molecule has 0 saturated heterocycles. The number of hydrogen-bond donors (Lipinski definition) is 1. The Balaban J connectivity index is 2.23. The number of sulfonamides is 1. The minimum atomic E-state index is -3.31. The van der Waals surface area contributed by atoms with E-state index in [2.05, 4.69) is 39.4 Å². The third-order valence-corrected chi connectivity index (χ3v) is 5.15. The number of unbranched alkanes of at least 4 members (excludes halogenated alkanes) is 6. The van der Waals surface area contributed by atoms with E-state index in [1.165, 1.54) is 31.9 Å². The molecule has 0 aliphatic rings. The van der Waals surface area contributed by atoms with Crippen LogP contribution in [0, 0.1) is 3.57 Å². The van der Waals surface area contributed by atoms with Crippen LogP contribution in [0.3, 0.4) is 0 Å². The Kier molecular flexibility index (Phi) is 9.70. The predicted molar refractivity (Wildman–Crippen MR) is 102 cm³/mol. The number of hydrogen-bond acceptors (Lipinski definition) is 3. The summed E-state index contributed by atoms with van der Waals surface area (Å²) in [6, 6.07) is 7.71. The van der Waals surface area contributed by atoms with Crippen LogP contribution in [0.25, 0.3) is 0 Å². The predicted octanol–water partition coefficient (Wildman–Crippen LogP) is 4.30. The first-order valence-electron chi connectivity index (χ1n) is 7.81. The third kappa shape index (κ3) is 9.40. The van der Waals surface area contributed by atoms with Crippen LogP contribution in [0.1, 0.15) is 57.4 Å². The monoisotopic (exact) mass is 436 g/mol. The molecule has 0 unspecified atom stereocenters. The molecule has 4 nitrogen and oxygen atoms in total. The summed E-state index contributed by atoms with van der Waals surface area (Å²) in [6.45, 7) is 2.19. The summed E-state index contributed by atoms with van der Waals surface area (Å²) in [5, 5.41) is 3.83. The van der Waals surface area contributed by atoms with Gasteiger partial charge in [0.2, 0.25) is 10.0 Å². The molecule has 22 heavy (non-hydrogen) atoms. The van der Waals surface area contributed by atoms with Gasteiger partial charge in [-0.15, -0.1) is 0 Å². The van der Waals surface area contributed by atoms with Crippen molar-refractivity contribution in [1.29, 1.82) is 0 Å². The van der Waals surface area contributed by atoms with Crippen molar-refractivity contribution in [3.8, 4) is 0 Å². The molecule has 0 heterocycles. The molecule has 1 aromatic rings. The van der Waals surface area contributed by atoms with Gasteiger partial charge >= 0.3 is 0 Å². The molecule has 0 amide bonds. The van der Waals surface area contributed by atoms with Crippen LogP contribution in [-0.2, 0) is 10.0 Å². The van der Waals surface area contributed by atoms with Gasteiger partial charge in [-0.1, -0.05) is 57.6 Å². The highest BCUT2D eigenvalue weighted by Crippen LogP contribution is 2.08. The maximum absolute atomic E-state index is 11.8. The van der Waals surface area contributed by atoms with Crippen LogP contribution in [0.2, 0.25) is 0 Å². The van der Waals surface area contributed by atoms with E-state index < -0.39 is 10.0 Å². The number of nitrogens with one attached hydrogen (secondary N) is 1. The fraction of sp³-hybridized carbons (Fsp3) is 0.562. The van der Waals surface area contributed by atoms with Crippen molar-refractivity contribution in [1.82, 2.24) is 4.83 Å². The van der Waals surface area contributed by atoms with Crippen LogP contribution >= 0.6 is 22.6 Å². The lowest BCUT2D eigenvalue weighted by molar-refractivity contribution is 0.570. The van der Waals surface area contributed by atoms with Crippen molar-refractivity contribution in [2.24, 2.45) is 5.10 Å². The first-order valence-corrected chi connectivity index (χ1v) is 10.5. The molecule has 0 spiro atoms. The second-order valence-electron chi connectivity index (χ2n) is 5.34. The average molecular weight is 436 g/mol. The van der Waals surface area contributed by atoms with Gasteiger partial charge in [-0.3, -0.25) is 0 Å². The summed E-state index contributed by atoms with van der Waals surface area (Å²) in [6.07, 6.45) is 9.26. The fourth-order valence-corrected chi connectivity index (χ4v) is 3.52. The van der Waals surface area contributed by atoms with Gasteiger partial charge in [0, 0.05) is 3.57 Å². The number of hydrazone groups is 1. The fourth-order valence-electron chi connectivity index (χ4n) is 2.06. The highest BCUT2D eigenvalue weighted by atomic mass is 127. The topological polar surface area (TPSA) is 58.5 Å². The van der Waals surface area contributed by atoms with E-state index in [0.29, 0.717) is 6.42 Å². The van der Waals surface area contributed by atoms with Gasteiger partial charge in [0.05, 0.1) is 12.0 Å². The molecule has 0 aliphatic heterocycles. The second kappa shape index (κ2) is 11.0. The molecule has 0 radical (unpaired) electrons. The van der Waals surface area contributed by atoms with E-state index in [0.717, 1.165) is 22.0 Å². The smallest absolute Gasteiger partial charge is 0.205 e. The lowest BCUT2D eigenvalue weighted by Crippen LogP contribution is -2.21. The van der Waals surface area contributed by atoms with Crippen molar-refractivity contribution in [2.75, 3.05) is 5.75 Å². The Bertz CT molecular complexity index is 559. The lowest BCUT2D eigenvalue weighted by Gasteiger charge is -2.03. The highest BCUT2D eigenvalue weighted by molar-refractivity contribution is 14.1. The van der Waals surface area contributed by atoms with E-state index in [9.17, 15) is 8.42 Å². The quantitative estimate of drug-likeness (QED) is 0.244. The normalized spacial score (nSPS) is 11.9. The van der Waals surface area contributed by atoms with E-state index in [-0.39, 0.29) is 5.75 Å². The van der Waals surface area contributed by atoms with Crippen molar-refractivity contribution in [3.63, 3.8) is 0 Å². The zero-order valence-electron chi connectivity index (χ0n) is 13.1. The summed E-state index contributed by atoms with van der Waals surface area (Å²) in [5.74, 6) is 0.143. The van der Waals surface area contributed by atoms with Crippen molar-refractivity contribution in [2.45, 2.75) is 51.9 Å². The molecule has 124 valence electrons. The zero-order valence-corrected chi connectivity index (χ0v) is 16.1. The minimum Gasteiger partial charge on any atom is -0.205 e. The maximum atomic E-state index is 11.8. The van der Waals surface area contributed by atoms with Crippen molar-refractivity contribution >= 4 is 38.8 Å². The number of nitrogens with zero attached hydrogens (tertiary/aromatic N) is 1. The first kappa shape index (κ1) is 19.4. The molecule has 6 heteroatoms. The van der Waals surface area contributed by atoms with Crippen LogP contribution in [-0.4, -0.2) is 20.4 Å². The molecular formula is C16H25IN2O2S. The summed E-state index contributed by atoms with van der Waals surface area (Å²) in [4.78, 5) is 2.28. The Hall–Kier alpha value is -0.630. The van der Waals surface area contributed by atoms with Crippen molar-refractivity contribution in [3.05, 3.63) is 33.4 Å².